The molecule has 0 unspecified atom stereocenters. The van der Waals surface area contributed by atoms with Gasteiger partial charge in [-0.1, -0.05) is 20.8 Å². The molecule has 1 rings (SSSR count). The van der Waals surface area contributed by atoms with E-state index in [-0.39, 0.29) is 11.5 Å². The lowest BCUT2D eigenvalue weighted by Crippen LogP contribution is -2.54. The molecule has 0 radical (unpaired) electrons. The van der Waals surface area contributed by atoms with Crippen molar-refractivity contribution in [3.05, 3.63) is 0 Å². The second-order valence-electron chi connectivity index (χ2n) is 5.27. The summed E-state index contributed by atoms with van der Waals surface area (Å²) in [7, 11) is 0. The number of nitrogens with two attached hydrogens (primary N) is 1. The molecule has 2 nitrogen and oxygen atoms in total. The topological polar surface area (TPSA) is 46.2 Å². The Labute approximate surface area is 75.2 Å². The molecule has 1 saturated carbocycles. The van der Waals surface area contributed by atoms with Crippen LogP contribution in [0, 0.1) is 11.3 Å². The second-order valence-corrected chi connectivity index (χ2v) is 5.27. The van der Waals surface area contributed by atoms with E-state index in [2.05, 4.69) is 20.8 Å². The van der Waals surface area contributed by atoms with Crippen LogP contribution in [-0.2, 0) is 0 Å². The summed E-state index contributed by atoms with van der Waals surface area (Å²) < 4.78 is 0. The van der Waals surface area contributed by atoms with Crippen LogP contribution < -0.4 is 5.73 Å². The van der Waals surface area contributed by atoms with Gasteiger partial charge in [-0.15, -0.1) is 0 Å². The van der Waals surface area contributed by atoms with Gasteiger partial charge in [-0.25, -0.2) is 0 Å². The molecule has 0 amide bonds. The van der Waals surface area contributed by atoms with Crippen molar-refractivity contribution in [1.82, 2.24) is 0 Å². The van der Waals surface area contributed by atoms with E-state index < -0.39 is 5.60 Å². The van der Waals surface area contributed by atoms with Crippen LogP contribution in [0.3, 0.4) is 0 Å². The molecule has 72 valence electrons. The van der Waals surface area contributed by atoms with Crippen LogP contribution >= 0.6 is 0 Å². The van der Waals surface area contributed by atoms with Gasteiger partial charge in [0.05, 0.1) is 5.60 Å². The monoisotopic (exact) mass is 171 g/mol. The first kappa shape index (κ1) is 10.0. The van der Waals surface area contributed by atoms with Gasteiger partial charge in [0.15, 0.2) is 0 Å². The molecule has 0 spiro atoms. The van der Waals surface area contributed by atoms with Gasteiger partial charge in [0.25, 0.3) is 0 Å². The summed E-state index contributed by atoms with van der Waals surface area (Å²) in [6.07, 6.45) is 1.74. The van der Waals surface area contributed by atoms with Gasteiger partial charge >= 0.3 is 0 Å². The van der Waals surface area contributed by atoms with Crippen molar-refractivity contribution in [2.24, 2.45) is 17.1 Å². The smallest absolute Gasteiger partial charge is 0.0775 e. The van der Waals surface area contributed by atoms with Gasteiger partial charge < -0.3 is 10.8 Å². The normalized spacial score (nSPS) is 47.5. The van der Waals surface area contributed by atoms with Crippen LogP contribution in [0.25, 0.3) is 0 Å². The molecule has 0 aromatic heterocycles. The molecule has 1 aliphatic rings. The number of rotatable bonds is 0. The molecule has 0 saturated heterocycles. The maximum atomic E-state index is 9.97. The molecule has 0 aromatic carbocycles. The average molecular weight is 171 g/mol. The molecule has 12 heavy (non-hydrogen) atoms. The van der Waals surface area contributed by atoms with Gasteiger partial charge in [-0.2, -0.15) is 0 Å². The zero-order valence-electron chi connectivity index (χ0n) is 8.59. The van der Waals surface area contributed by atoms with Crippen LogP contribution in [0.1, 0.15) is 40.5 Å². The molecule has 0 bridgehead atoms. The summed E-state index contributed by atoms with van der Waals surface area (Å²) in [6, 6.07) is -0.0551. The summed E-state index contributed by atoms with van der Waals surface area (Å²) in [5, 5.41) is 9.97. The molecule has 3 N–H and O–H groups in total. The van der Waals surface area contributed by atoms with E-state index >= 15 is 0 Å². The largest absolute Gasteiger partial charge is 0.389 e. The Morgan fingerprint density at radius 2 is 1.83 bits per heavy atom. The molecule has 0 aromatic rings. The number of hydrogen-bond donors (Lipinski definition) is 2. The number of hydrogen-bond acceptors (Lipinski definition) is 2. The Bertz CT molecular complexity index is 157. The fourth-order valence-corrected chi connectivity index (χ4v) is 2.18. The Balaban J connectivity index is 2.78. The standard InChI is InChI=1S/C10H21NO/c1-7-5-8(11)10(4,12)6-9(7,2)3/h7-8,12H,5-6,11H2,1-4H3/t7-,8+,10-/m0/s1. The zero-order valence-corrected chi connectivity index (χ0v) is 8.59. The van der Waals surface area contributed by atoms with Crippen LogP contribution in [0.5, 0.6) is 0 Å². The first-order valence-electron chi connectivity index (χ1n) is 4.74. The molecule has 0 heterocycles. The van der Waals surface area contributed by atoms with Crippen molar-refractivity contribution >= 4 is 0 Å². The first-order valence-corrected chi connectivity index (χ1v) is 4.74. The molecular formula is C10H21NO. The first-order chi connectivity index (χ1) is 5.26. The molecule has 1 aliphatic carbocycles. The van der Waals surface area contributed by atoms with E-state index in [0.29, 0.717) is 5.92 Å². The van der Waals surface area contributed by atoms with Gasteiger partial charge in [-0.3, -0.25) is 0 Å². The third-order valence-corrected chi connectivity index (χ3v) is 3.55. The molecule has 2 heteroatoms. The fourth-order valence-electron chi connectivity index (χ4n) is 2.18. The average Bonchev–Trinajstić information content (AvgIpc) is 1.82. The van der Waals surface area contributed by atoms with E-state index in [1.165, 1.54) is 0 Å². The molecule has 3 atom stereocenters. The molecule has 1 fully saturated rings. The summed E-state index contributed by atoms with van der Waals surface area (Å²) in [5.74, 6) is 0.604. The summed E-state index contributed by atoms with van der Waals surface area (Å²) >= 11 is 0. The summed E-state index contributed by atoms with van der Waals surface area (Å²) in [5.41, 5.74) is 5.42. The predicted octanol–water partition coefficient (Wildman–Crippen LogP) is 1.52. The van der Waals surface area contributed by atoms with Crippen molar-refractivity contribution in [3.63, 3.8) is 0 Å². The van der Waals surface area contributed by atoms with Gasteiger partial charge in [-0.05, 0) is 31.1 Å². The lowest BCUT2D eigenvalue weighted by Gasteiger charge is -2.47. The van der Waals surface area contributed by atoms with Crippen molar-refractivity contribution in [2.75, 3.05) is 0 Å². The van der Waals surface area contributed by atoms with Crippen LogP contribution in [0.15, 0.2) is 0 Å². The Kier molecular flexibility index (Phi) is 2.26. The Morgan fingerprint density at radius 3 is 2.25 bits per heavy atom. The predicted molar refractivity (Wildman–Crippen MR) is 50.8 cm³/mol. The highest BCUT2D eigenvalue weighted by Crippen LogP contribution is 2.44. The SMILES string of the molecule is C[C@H]1C[C@@H](N)[C@@](C)(O)CC1(C)C. The van der Waals surface area contributed by atoms with Gasteiger partial charge in [0.2, 0.25) is 0 Å². The maximum absolute atomic E-state index is 9.97. The van der Waals surface area contributed by atoms with E-state index in [4.69, 9.17) is 5.73 Å². The summed E-state index contributed by atoms with van der Waals surface area (Å²) in [6.45, 7) is 8.48. The van der Waals surface area contributed by atoms with Crippen LogP contribution in [0.2, 0.25) is 0 Å². The molecular weight excluding hydrogens is 150 g/mol. The van der Waals surface area contributed by atoms with E-state index in [1.54, 1.807) is 0 Å². The third-order valence-electron chi connectivity index (χ3n) is 3.55. The molecule has 0 aliphatic heterocycles. The van der Waals surface area contributed by atoms with Gasteiger partial charge in [0.1, 0.15) is 0 Å². The Hall–Kier alpha value is -0.0800. The zero-order chi connectivity index (χ0) is 9.57. The lowest BCUT2D eigenvalue weighted by molar-refractivity contribution is -0.0629. The minimum absolute atomic E-state index is 0.0551. The highest BCUT2D eigenvalue weighted by molar-refractivity contribution is 4.98. The maximum Gasteiger partial charge on any atom is 0.0775 e. The van der Waals surface area contributed by atoms with Crippen molar-refractivity contribution in [1.29, 1.82) is 0 Å². The van der Waals surface area contributed by atoms with E-state index in [9.17, 15) is 5.11 Å². The third kappa shape index (κ3) is 1.64. The summed E-state index contributed by atoms with van der Waals surface area (Å²) in [4.78, 5) is 0. The van der Waals surface area contributed by atoms with E-state index in [1.807, 2.05) is 6.92 Å². The highest BCUT2D eigenvalue weighted by atomic mass is 16.3. The van der Waals surface area contributed by atoms with Crippen molar-refractivity contribution < 1.29 is 5.11 Å². The number of aliphatic hydroxyl groups is 1. The second kappa shape index (κ2) is 2.71. The van der Waals surface area contributed by atoms with E-state index in [0.717, 1.165) is 12.8 Å². The Morgan fingerprint density at radius 1 is 1.33 bits per heavy atom. The van der Waals surface area contributed by atoms with Gasteiger partial charge in [0, 0.05) is 6.04 Å². The van der Waals surface area contributed by atoms with Crippen LogP contribution in [0.4, 0.5) is 0 Å². The minimum Gasteiger partial charge on any atom is -0.389 e. The minimum atomic E-state index is -0.671. The van der Waals surface area contributed by atoms with Crippen LogP contribution in [-0.4, -0.2) is 16.7 Å². The lowest BCUT2D eigenvalue weighted by atomic mass is 9.63. The quantitative estimate of drug-likeness (QED) is 0.580. The van der Waals surface area contributed by atoms with Crippen molar-refractivity contribution in [3.8, 4) is 0 Å². The highest BCUT2D eigenvalue weighted by Gasteiger charge is 2.44. The fraction of sp³-hybridized carbons (Fsp3) is 1.00. The van der Waals surface area contributed by atoms with Crippen molar-refractivity contribution in [2.45, 2.75) is 52.2 Å².